The summed E-state index contributed by atoms with van der Waals surface area (Å²) in [5.74, 6) is 0. The van der Waals surface area contributed by atoms with Crippen molar-refractivity contribution in [1.82, 2.24) is 4.90 Å². The molecule has 2 rings (SSSR count). The molecule has 12 heavy (non-hydrogen) atoms. The van der Waals surface area contributed by atoms with Crippen LogP contribution in [0, 0.1) is 0 Å². The van der Waals surface area contributed by atoms with Gasteiger partial charge in [0.2, 0.25) is 0 Å². The summed E-state index contributed by atoms with van der Waals surface area (Å²) in [4.78, 5) is 2.68. The Hall–Kier alpha value is 0.430. The quantitative estimate of drug-likeness (QED) is 0.666. The number of allylic oxidation sites excluding steroid dienone is 1. The lowest BCUT2D eigenvalue weighted by Crippen LogP contribution is -2.33. The van der Waals surface area contributed by atoms with Gasteiger partial charge in [0.05, 0.1) is 0 Å². The molecular formula is C10H16IN. The van der Waals surface area contributed by atoms with Gasteiger partial charge in [-0.15, -0.1) is 0 Å². The molecule has 1 aliphatic carbocycles. The first-order valence-electron chi connectivity index (χ1n) is 4.95. The predicted octanol–water partition coefficient (Wildman–Crippen LogP) is 2.95. The number of hydrogen-bond acceptors (Lipinski definition) is 1. The van der Waals surface area contributed by atoms with Crippen LogP contribution in [-0.2, 0) is 0 Å². The van der Waals surface area contributed by atoms with Gasteiger partial charge in [0.15, 0.2) is 0 Å². The number of nitrogens with zero attached hydrogens (tertiary/aromatic N) is 1. The van der Waals surface area contributed by atoms with Gasteiger partial charge >= 0.3 is 0 Å². The van der Waals surface area contributed by atoms with E-state index in [1.165, 1.54) is 45.2 Å². The molecule has 2 heteroatoms. The molecule has 0 bridgehead atoms. The lowest BCUT2D eigenvalue weighted by molar-refractivity contribution is 0.228. The van der Waals surface area contributed by atoms with E-state index in [4.69, 9.17) is 0 Å². The molecule has 0 radical (unpaired) electrons. The summed E-state index contributed by atoms with van der Waals surface area (Å²) in [5.41, 5.74) is 0. The van der Waals surface area contributed by atoms with Crippen LogP contribution < -0.4 is 0 Å². The number of halogens is 1. The van der Waals surface area contributed by atoms with E-state index in [2.05, 4.69) is 33.6 Å². The second kappa shape index (κ2) is 4.09. The molecule has 1 atom stereocenters. The van der Waals surface area contributed by atoms with Crippen LogP contribution >= 0.6 is 22.6 Å². The maximum atomic E-state index is 2.68. The highest BCUT2D eigenvalue weighted by molar-refractivity contribution is 14.1. The van der Waals surface area contributed by atoms with Gasteiger partial charge < -0.3 is 4.90 Å². The highest BCUT2D eigenvalue weighted by atomic mass is 127. The van der Waals surface area contributed by atoms with Crippen molar-refractivity contribution in [2.24, 2.45) is 0 Å². The highest BCUT2D eigenvalue weighted by Gasteiger charge is 2.22. The van der Waals surface area contributed by atoms with Crippen LogP contribution in [0.3, 0.4) is 0 Å². The standard InChI is InChI=1S/C10H16IN/c11-9-3-5-10(6-4-9)12-7-1-2-8-12/h3,10H,1-2,4-8H2. The Morgan fingerprint density at radius 1 is 1.33 bits per heavy atom. The van der Waals surface area contributed by atoms with Gasteiger partial charge in [0, 0.05) is 6.04 Å². The van der Waals surface area contributed by atoms with Gasteiger partial charge in [-0.1, -0.05) is 6.08 Å². The predicted molar refractivity (Wildman–Crippen MR) is 60.5 cm³/mol. The molecule has 1 unspecified atom stereocenters. The zero-order valence-electron chi connectivity index (χ0n) is 7.43. The van der Waals surface area contributed by atoms with Gasteiger partial charge in [-0.05, 0) is 71.4 Å². The van der Waals surface area contributed by atoms with Crippen LogP contribution in [0.25, 0.3) is 0 Å². The third-order valence-corrected chi connectivity index (χ3v) is 3.96. The molecule has 1 nitrogen and oxygen atoms in total. The van der Waals surface area contributed by atoms with E-state index >= 15 is 0 Å². The molecule has 0 aromatic heterocycles. The van der Waals surface area contributed by atoms with E-state index in [0.29, 0.717) is 0 Å². The van der Waals surface area contributed by atoms with Crippen LogP contribution in [0.15, 0.2) is 9.66 Å². The molecule has 0 saturated carbocycles. The Kier molecular flexibility index (Phi) is 3.07. The fourth-order valence-electron chi connectivity index (χ4n) is 2.23. The van der Waals surface area contributed by atoms with Crippen molar-refractivity contribution >= 4 is 22.6 Å². The summed E-state index contributed by atoms with van der Waals surface area (Å²) < 4.78 is 1.57. The molecule has 0 aromatic rings. The van der Waals surface area contributed by atoms with Crippen LogP contribution in [0.1, 0.15) is 32.1 Å². The van der Waals surface area contributed by atoms with E-state index in [0.717, 1.165) is 6.04 Å². The van der Waals surface area contributed by atoms with Crippen molar-refractivity contribution in [1.29, 1.82) is 0 Å². The van der Waals surface area contributed by atoms with E-state index < -0.39 is 0 Å². The first-order chi connectivity index (χ1) is 5.86. The Morgan fingerprint density at radius 2 is 2.08 bits per heavy atom. The normalized spacial score (nSPS) is 32.1. The molecule has 1 heterocycles. The minimum absolute atomic E-state index is 0.881. The smallest absolute Gasteiger partial charge is 0.0133 e. The van der Waals surface area contributed by atoms with E-state index in [-0.39, 0.29) is 0 Å². The highest BCUT2D eigenvalue weighted by Crippen LogP contribution is 2.27. The monoisotopic (exact) mass is 277 g/mol. The summed E-state index contributed by atoms with van der Waals surface area (Å²) in [6, 6.07) is 0.881. The van der Waals surface area contributed by atoms with Crippen molar-refractivity contribution in [3.8, 4) is 0 Å². The van der Waals surface area contributed by atoms with Gasteiger partial charge in [-0.2, -0.15) is 0 Å². The van der Waals surface area contributed by atoms with Crippen LogP contribution in [0.4, 0.5) is 0 Å². The van der Waals surface area contributed by atoms with Crippen LogP contribution in [0.2, 0.25) is 0 Å². The lowest BCUT2D eigenvalue weighted by Gasteiger charge is -2.29. The minimum atomic E-state index is 0.881. The van der Waals surface area contributed by atoms with Crippen molar-refractivity contribution in [2.75, 3.05) is 13.1 Å². The van der Waals surface area contributed by atoms with Crippen molar-refractivity contribution in [2.45, 2.75) is 38.1 Å². The SMILES string of the molecule is IC1=CCC(N2CCCC2)CC1. The topological polar surface area (TPSA) is 3.24 Å². The Morgan fingerprint density at radius 3 is 2.67 bits per heavy atom. The maximum Gasteiger partial charge on any atom is 0.0133 e. The summed E-state index contributed by atoms with van der Waals surface area (Å²) in [5, 5.41) is 0. The largest absolute Gasteiger partial charge is 0.300 e. The fourth-order valence-corrected chi connectivity index (χ4v) is 2.79. The second-order valence-corrected chi connectivity index (χ2v) is 5.21. The summed E-state index contributed by atoms with van der Waals surface area (Å²) in [6.45, 7) is 2.71. The van der Waals surface area contributed by atoms with Crippen molar-refractivity contribution < 1.29 is 0 Å². The zero-order chi connectivity index (χ0) is 8.39. The first-order valence-corrected chi connectivity index (χ1v) is 6.03. The van der Waals surface area contributed by atoms with Gasteiger partial charge in [-0.3, -0.25) is 0 Å². The molecule has 2 aliphatic rings. The molecule has 1 aliphatic heterocycles. The fraction of sp³-hybridized carbons (Fsp3) is 0.800. The maximum absolute atomic E-state index is 2.68. The number of hydrogen-bond donors (Lipinski definition) is 0. The van der Waals surface area contributed by atoms with Crippen molar-refractivity contribution in [3.63, 3.8) is 0 Å². The molecule has 0 aromatic carbocycles. The summed E-state index contributed by atoms with van der Waals surface area (Å²) in [7, 11) is 0. The summed E-state index contributed by atoms with van der Waals surface area (Å²) >= 11 is 2.47. The second-order valence-electron chi connectivity index (χ2n) is 3.82. The van der Waals surface area contributed by atoms with Gasteiger partial charge in [0.25, 0.3) is 0 Å². The molecule has 1 fully saturated rings. The average molecular weight is 277 g/mol. The first kappa shape index (κ1) is 9.00. The Labute approximate surface area is 88.3 Å². The van der Waals surface area contributed by atoms with Gasteiger partial charge in [-0.25, -0.2) is 0 Å². The molecular weight excluding hydrogens is 261 g/mol. The third-order valence-electron chi connectivity index (χ3n) is 2.98. The Bertz CT molecular complexity index is 182. The number of rotatable bonds is 1. The van der Waals surface area contributed by atoms with Crippen LogP contribution in [0.5, 0.6) is 0 Å². The molecule has 68 valence electrons. The Balaban J connectivity index is 1.89. The van der Waals surface area contributed by atoms with Crippen LogP contribution in [-0.4, -0.2) is 24.0 Å². The average Bonchev–Trinajstić information content (AvgIpc) is 2.58. The molecule has 0 N–H and O–H groups in total. The van der Waals surface area contributed by atoms with Gasteiger partial charge in [0.1, 0.15) is 0 Å². The molecule has 0 amide bonds. The van der Waals surface area contributed by atoms with E-state index in [1.54, 1.807) is 3.58 Å². The van der Waals surface area contributed by atoms with E-state index in [1.807, 2.05) is 0 Å². The molecule has 1 saturated heterocycles. The number of likely N-dealkylation sites (tertiary alicyclic amines) is 1. The van der Waals surface area contributed by atoms with E-state index in [9.17, 15) is 0 Å². The van der Waals surface area contributed by atoms with Crippen molar-refractivity contribution in [3.05, 3.63) is 9.66 Å². The lowest BCUT2D eigenvalue weighted by atomic mass is 10.0. The summed E-state index contributed by atoms with van der Waals surface area (Å²) in [6.07, 6.45) is 9.30. The third kappa shape index (κ3) is 2.02. The molecule has 0 spiro atoms. The minimum Gasteiger partial charge on any atom is -0.300 e. The zero-order valence-corrected chi connectivity index (χ0v) is 9.59.